The number of hydrogen-bond donors (Lipinski definition) is 1. The summed E-state index contributed by atoms with van der Waals surface area (Å²) in [5.74, 6) is -0.897. The van der Waals surface area contributed by atoms with E-state index < -0.39 is 17.9 Å². The number of benzene rings is 1. The number of carbonyl (C=O) groups excluding carboxylic acids is 2. The van der Waals surface area contributed by atoms with Gasteiger partial charge in [-0.2, -0.15) is 0 Å². The highest BCUT2D eigenvalue weighted by Gasteiger charge is 2.40. The molecular weight excluding hydrogens is 295 g/mol. The van der Waals surface area contributed by atoms with Gasteiger partial charge in [0.2, 0.25) is 11.8 Å². The fraction of sp³-hybridized carbons (Fsp3) is 0.467. The van der Waals surface area contributed by atoms with E-state index in [-0.39, 0.29) is 29.3 Å². The van der Waals surface area contributed by atoms with Crippen LogP contribution >= 0.6 is 11.6 Å². The Balaban J connectivity index is 2.30. The molecule has 0 spiro atoms. The van der Waals surface area contributed by atoms with Crippen LogP contribution in [0, 0.1) is 11.7 Å². The van der Waals surface area contributed by atoms with Gasteiger partial charge in [0.25, 0.3) is 0 Å². The molecule has 1 N–H and O–H groups in total. The summed E-state index contributed by atoms with van der Waals surface area (Å²) in [7, 11) is 0. The van der Waals surface area contributed by atoms with Crippen molar-refractivity contribution in [3.63, 3.8) is 0 Å². The van der Waals surface area contributed by atoms with E-state index in [4.69, 9.17) is 11.6 Å². The number of amides is 2. The number of piperazine rings is 1. The van der Waals surface area contributed by atoms with E-state index in [0.717, 1.165) is 0 Å². The van der Waals surface area contributed by atoms with Crippen LogP contribution < -0.4 is 5.32 Å². The average Bonchev–Trinajstić information content (AvgIpc) is 2.39. The summed E-state index contributed by atoms with van der Waals surface area (Å²) in [6.07, 6.45) is 0. The maximum absolute atomic E-state index is 13.5. The van der Waals surface area contributed by atoms with Crippen LogP contribution in [0.4, 0.5) is 4.39 Å². The first-order chi connectivity index (χ1) is 9.81. The number of halogens is 2. The zero-order valence-corrected chi connectivity index (χ0v) is 12.9. The smallest absolute Gasteiger partial charge is 0.245 e. The summed E-state index contributed by atoms with van der Waals surface area (Å²) in [5, 5.41) is 2.71. The Morgan fingerprint density at radius 2 is 2.05 bits per heavy atom. The highest BCUT2D eigenvalue weighted by atomic mass is 35.5. The van der Waals surface area contributed by atoms with Gasteiger partial charge in [0, 0.05) is 6.54 Å². The van der Waals surface area contributed by atoms with Crippen LogP contribution in [0.1, 0.15) is 26.3 Å². The molecule has 1 fully saturated rings. The van der Waals surface area contributed by atoms with Gasteiger partial charge in [0.05, 0.1) is 5.02 Å². The Kier molecular flexibility index (Phi) is 4.52. The van der Waals surface area contributed by atoms with Crippen LogP contribution in [0.25, 0.3) is 0 Å². The van der Waals surface area contributed by atoms with Gasteiger partial charge in [0.15, 0.2) is 0 Å². The number of nitrogens with zero attached hydrogens (tertiary/aromatic N) is 1. The number of nitrogens with one attached hydrogen (secondary N) is 1. The molecule has 0 bridgehead atoms. The summed E-state index contributed by atoms with van der Waals surface area (Å²) in [6, 6.07) is 3.29. The Labute approximate surface area is 128 Å². The first-order valence-corrected chi connectivity index (χ1v) is 7.24. The minimum Gasteiger partial charge on any atom is -0.343 e. The highest BCUT2D eigenvalue weighted by Crippen LogP contribution is 2.22. The van der Waals surface area contributed by atoms with E-state index >= 15 is 0 Å². The molecule has 4 nitrogen and oxygen atoms in total. The predicted molar refractivity (Wildman–Crippen MR) is 78.2 cm³/mol. The maximum Gasteiger partial charge on any atom is 0.245 e. The lowest BCUT2D eigenvalue weighted by molar-refractivity contribution is -0.151. The van der Waals surface area contributed by atoms with Gasteiger partial charge in [0.1, 0.15) is 17.9 Å². The minimum atomic E-state index is -0.565. The van der Waals surface area contributed by atoms with Crippen molar-refractivity contribution < 1.29 is 14.0 Å². The van der Waals surface area contributed by atoms with Crippen LogP contribution in [-0.4, -0.2) is 28.8 Å². The van der Waals surface area contributed by atoms with Crippen molar-refractivity contribution in [2.24, 2.45) is 5.92 Å². The second-order valence-electron chi connectivity index (χ2n) is 5.63. The largest absolute Gasteiger partial charge is 0.343 e. The molecule has 2 unspecified atom stereocenters. The van der Waals surface area contributed by atoms with E-state index in [2.05, 4.69) is 5.32 Å². The molecule has 2 amide bonds. The van der Waals surface area contributed by atoms with Crippen molar-refractivity contribution in [1.82, 2.24) is 10.2 Å². The third-order valence-corrected chi connectivity index (χ3v) is 3.89. The van der Waals surface area contributed by atoms with Gasteiger partial charge in [-0.05, 0) is 30.5 Å². The lowest BCUT2D eigenvalue weighted by Crippen LogP contribution is -2.63. The maximum atomic E-state index is 13.5. The third kappa shape index (κ3) is 3.18. The molecule has 114 valence electrons. The lowest BCUT2D eigenvalue weighted by atomic mass is 9.96. The zero-order chi connectivity index (χ0) is 15.7. The molecular formula is C15H18ClFN2O2. The fourth-order valence-electron chi connectivity index (χ4n) is 2.56. The van der Waals surface area contributed by atoms with E-state index in [1.807, 2.05) is 13.8 Å². The summed E-state index contributed by atoms with van der Waals surface area (Å²) >= 11 is 5.66. The SMILES string of the molecule is CC1NC(=O)C(C(C)C)N(Cc2ccc(Cl)c(F)c2)C1=O. The van der Waals surface area contributed by atoms with Crippen LogP contribution in [-0.2, 0) is 16.1 Å². The normalized spacial score (nSPS) is 22.7. The zero-order valence-electron chi connectivity index (χ0n) is 12.2. The molecule has 1 heterocycles. The molecule has 1 aromatic rings. The summed E-state index contributed by atoms with van der Waals surface area (Å²) in [4.78, 5) is 26.0. The van der Waals surface area contributed by atoms with Gasteiger partial charge in [-0.1, -0.05) is 31.5 Å². The van der Waals surface area contributed by atoms with Crippen LogP contribution in [0.2, 0.25) is 5.02 Å². The fourth-order valence-corrected chi connectivity index (χ4v) is 2.68. The molecule has 0 saturated carbocycles. The van der Waals surface area contributed by atoms with Gasteiger partial charge in [-0.3, -0.25) is 9.59 Å². The molecule has 2 atom stereocenters. The van der Waals surface area contributed by atoms with E-state index in [1.54, 1.807) is 13.0 Å². The molecule has 1 saturated heterocycles. The monoisotopic (exact) mass is 312 g/mol. The first-order valence-electron chi connectivity index (χ1n) is 6.86. The quantitative estimate of drug-likeness (QED) is 0.931. The molecule has 1 aromatic carbocycles. The first kappa shape index (κ1) is 15.8. The topological polar surface area (TPSA) is 49.4 Å². The van der Waals surface area contributed by atoms with Crippen molar-refractivity contribution in [2.75, 3.05) is 0 Å². The van der Waals surface area contributed by atoms with E-state index in [9.17, 15) is 14.0 Å². The van der Waals surface area contributed by atoms with Crippen molar-refractivity contribution >= 4 is 23.4 Å². The highest BCUT2D eigenvalue weighted by molar-refractivity contribution is 6.30. The van der Waals surface area contributed by atoms with Gasteiger partial charge in [-0.15, -0.1) is 0 Å². The van der Waals surface area contributed by atoms with Gasteiger partial charge >= 0.3 is 0 Å². The molecule has 0 aliphatic carbocycles. The number of carbonyl (C=O) groups is 2. The summed E-state index contributed by atoms with van der Waals surface area (Å²) < 4.78 is 13.5. The Hall–Kier alpha value is -1.62. The number of hydrogen-bond acceptors (Lipinski definition) is 2. The average molecular weight is 313 g/mol. The molecule has 1 aliphatic heterocycles. The molecule has 0 aromatic heterocycles. The lowest BCUT2D eigenvalue weighted by Gasteiger charge is -2.40. The van der Waals surface area contributed by atoms with Crippen molar-refractivity contribution in [1.29, 1.82) is 0 Å². The summed E-state index contributed by atoms with van der Waals surface area (Å²) in [5.41, 5.74) is 0.609. The molecule has 0 radical (unpaired) electrons. The number of rotatable bonds is 3. The minimum absolute atomic E-state index is 0.0291. The predicted octanol–water partition coefficient (Wildman–Crippen LogP) is 2.35. The van der Waals surface area contributed by atoms with E-state index in [1.165, 1.54) is 17.0 Å². The Bertz CT molecular complexity index is 577. The molecule has 2 rings (SSSR count). The second kappa shape index (κ2) is 6.02. The molecule has 21 heavy (non-hydrogen) atoms. The molecule has 1 aliphatic rings. The molecule has 6 heteroatoms. The third-order valence-electron chi connectivity index (χ3n) is 3.59. The van der Waals surface area contributed by atoms with Crippen molar-refractivity contribution in [3.05, 3.63) is 34.6 Å². The van der Waals surface area contributed by atoms with Crippen LogP contribution in [0.15, 0.2) is 18.2 Å². The Morgan fingerprint density at radius 1 is 1.38 bits per heavy atom. The van der Waals surface area contributed by atoms with Crippen LogP contribution in [0.5, 0.6) is 0 Å². The standard InChI is InChI=1S/C15H18ClFN2O2/c1-8(2)13-14(20)18-9(3)15(21)19(13)7-10-4-5-11(16)12(17)6-10/h4-6,8-9,13H,7H2,1-3H3,(H,18,20). The van der Waals surface area contributed by atoms with Gasteiger partial charge < -0.3 is 10.2 Å². The van der Waals surface area contributed by atoms with Crippen LogP contribution in [0.3, 0.4) is 0 Å². The Morgan fingerprint density at radius 3 is 2.62 bits per heavy atom. The van der Waals surface area contributed by atoms with Crippen molar-refractivity contribution in [3.8, 4) is 0 Å². The second-order valence-corrected chi connectivity index (χ2v) is 6.04. The summed E-state index contributed by atoms with van der Waals surface area (Å²) in [6.45, 7) is 5.59. The van der Waals surface area contributed by atoms with Crippen molar-refractivity contribution in [2.45, 2.75) is 39.4 Å². The van der Waals surface area contributed by atoms with Gasteiger partial charge in [-0.25, -0.2) is 4.39 Å². The van der Waals surface area contributed by atoms with E-state index in [0.29, 0.717) is 5.56 Å².